The number of hydrogen-bond acceptors (Lipinski definition) is 7. The fourth-order valence-corrected chi connectivity index (χ4v) is 5.50. The fraction of sp³-hybridized carbons (Fsp3) is 0.250. The number of nitrogens with zero attached hydrogens (tertiary/aromatic N) is 6. The van der Waals surface area contributed by atoms with Crippen molar-refractivity contribution >= 4 is 33.5 Å². The van der Waals surface area contributed by atoms with Crippen LogP contribution in [0.3, 0.4) is 0 Å². The maximum Gasteiger partial charge on any atom is 0.321 e. The number of aromatic nitrogens is 5. The Morgan fingerprint density at radius 2 is 1.87 bits per heavy atom. The Morgan fingerprint density at radius 3 is 2.61 bits per heavy atom. The molecule has 0 unspecified atom stereocenters. The lowest BCUT2D eigenvalue weighted by Gasteiger charge is -2.36. The summed E-state index contributed by atoms with van der Waals surface area (Å²) in [5.41, 5.74) is 9.02. The van der Waals surface area contributed by atoms with Crippen molar-refractivity contribution in [3.8, 4) is 29.0 Å². The maximum absolute atomic E-state index is 15.4. The van der Waals surface area contributed by atoms with Gasteiger partial charge < -0.3 is 15.0 Å². The van der Waals surface area contributed by atoms with Crippen LogP contribution in [-0.4, -0.2) is 30.0 Å². The summed E-state index contributed by atoms with van der Waals surface area (Å²) in [7, 11) is 0. The van der Waals surface area contributed by atoms with Crippen LogP contribution in [0, 0.1) is 17.1 Å². The SMILES string of the molecule is N#CCC1(N)CCC(n2cnc3cnc4cc(F)c(-c5ccc(Oc6ncccn6)cc5Cl)cc4c32)CC1. The first-order valence-corrected chi connectivity index (χ1v) is 12.7. The third-order valence-corrected chi connectivity index (χ3v) is 7.56. The quantitative estimate of drug-likeness (QED) is 0.283. The van der Waals surface area contributed by atoms with Gasteiger partial charge in [-0.1, -0.05) is 11.6 Å². The standard InChI is InChI=1S/C28H23ClFN7O/c29-22-12-18(38-27-33-10-1-11-34-27)2-3-19(22)20-13-21-24(14-23(20)30)35-15-25-26(21)37(16-36-25)17-4-6-28(32,7-5-17)8-9-31/h1-3,10-17H,4-8,32H2. The first-order valence-electron chi connectivity index (χ1n) is 12.3. The molecular weight excluding hydrogens is 505 g/mol. The molecule has 5 aromatic rings. The Balaban J connectivity index is 1.39. The molecule has 2 N–H and O–H groups in total. The van der Waals surface area contributed by atoms with Crippen molar-refractivity contribution in [3.05, 3.63) is 72.2 Å². The fourth-order valence-electron chi connectivity index (χ4n) is 5.23. The van der Waals surface area contributed by atoms with Gasteiger partial charge in [-0.05, 0) is 49.9 Å². The predicted octanol–water partition coefficient (Wildman–Crippen LogP) is 6.35. The van der Waals surface area contributed by atoms with Crippen molar-refractivity contribution < 1.29 is 9.13 Å². The van der Waals surface area contributed by atoms with Crippen LogP contribution in [0.1, 0.15) is 38.1 Å². The number of fused-ring (bicyclic) bond motifs is 3. The average molecular weight is 528 g/mol. The summed E-state index contributed by atoms with van der Waals surface area (Å²) >= 11 is 6.60. The monoisotopic (exact) mass is 527 g/mol. The zero-order valence-corrected chi connectivity index (χ0v) is 21.1. The van der Waals surface area contributed by atoms with E-state index in [9.17, 15) is 0 Å². The Morgan fingerprint density at radius 1 is 1.08 bits per heavy atom. The van der Waals surface area contributed by atoms with Crippen molar-refractivity contribution in [2.24, 2.45) is 5.73 Å². The third-order valence-electron chi connectivity index (χ3n) is 7.25. The molecule has 6 rings (SSSR count). The van der Waals surface area contributed by atoms with E-state index in [-0.39, 0.29) is 12.1 Å². The summed E-state index contributed by atoms with van der Waals surface area (Å²) in [4.78, 5) is 17.1. The summed E-state index contributed by atoms with van der Waals surface area (Å²) in [5, 5.41) is 10.2. The summed E-state index contributed by atoms with van der Waals surface area (Å²) in [6.07, 6.45) is 10.2. The van der Waals surface area contributed by atoms with Gasteiger partial charge in [-0.2, -0.15) is 5.26 Å². The minimum atomic E-state index is -0.444. The second-order valence-electron chi connectivity index (χ2n) is 9.70. The van der Waals surface area contributed by atoms with E-state index < -0.39 is 11.4 Å². The van der Waals surface area contributed by atoms with Crippen LogP contribution in [0.15, 0.2) is 61.3 Å². The first kappa shape index (κ1) is 24.2. The molecule has 3 heterocycles. The Kier molecular flexibility index (Phi) is 6.14. The van der Waals surface area contributed by atoms with Gasteiger partial charge in [0.1, 0.15) is 17.1 Å². The molecule has 1 aliphatic carbocycles. The van der Waals surface area contributed by atoms with E-state index in [1.54, 1.807) is 48.9 Å². The zero-order valence-electron chi connectivity index (χ0n) is 20.3. The van der Waals surface area contributed by atoms with E-state index in [1.807, 2.05) is 6.33 Å². The van der Waals surface area contributed by atoms with Gasteiger partial charge in [-0.25, -0.2) is 19.3 Å². The molecule has 1 aliphatic rings. The van der Waals surface area contributed by atoms with Crippen LogP contribution in [0.2, 0.25) is 5.02 Å². The molecule has 1 saturated carbocycles. The zero-order chi connectivity index (χ0) is 26.3. The van der Waals surface area contributed by atoms with E-state index in [0.717, 1.165) is 42.1 Å². The van der Waals surface area contributed by atoms with Gasteiger partial charge in [0.2, 0.25) is 0 Å². The second kappa shape index (κ2) is 9.63. The Hall–Kier alpha value is -4.13. The molecule has 1 fully saturated rings. The van der Waals surface area contributed by atoms with Crippen LogP contribution in [-0.2, 0) is 0 Å². The van der Waals surface area contributed by atoms with Gasteiger partial charge in [-0.15, -0.1) is 0 Å². The number of nitriles is 1. The lowest BCUT2D eigenvalue weighted by Crippen LogP contribution is -2.43. The summed E-state index contributed by atoms with van der Waals surface area (Å²) < 4.78 is 23.2. The topological polar surface area (TPSA) is 116 Å². The second-order valence-corrected chi connectivity index (χ2v) is 10.1. The minimum Gasteiger partial charge on any atom is -0.424 e. The maximum atomic E-state index is 15.4. The van der Waals surface area contributed by atoms with Gasteiger partial charge in [0.05, 0.1) is 41.1 Å². The Labute approximate surface area is 222 Å². The van der Waals surface area contributed by atoms with Crippen molar-refractivity contribution in [1.29, 1.82) is 5.26 Å². The molecule has 0 spiro atoms. The molecule has 0 saturated heterocycles. The van der Waals surface area contributed by atoms with Gasteiger partial charge in [0.15, 0.2) is 0 Å². The van der Waals surface area contributed by atoms with E-state index >= 15 is 4.39 Å². The first-order chi connectivity index (χ1) is 18.4. The third kappa shape index (κ3) is 4.42. The molecule has 0 bridgehead atoms. The van der Waals surface area contributed by atoms with Crippen LogP contribution in [0.4, 0.5) is 4.39 Å². The molecule has 2 aromatic carbocycles. The number of hydrogen-bond donors (Lipinski definition) is 1. The lowest BCUT2D eigenvalue weighted by atomic mass is 9.78. The smallest absolute Gasteiger partial charge is 0.321 e. The normalized spacial score (nSPS) is 19.5. The molecule has 8 nitrogen and oxygen atoms in total. The highest BCUT2D eigenvalue weighted by Gasteiger charge is 2.33. The lowest BCUT2D eigenvalue weighted by molar-refractivity contribution is 0.241. The molecule has 0 aliphatic heterocycles. The van der Waals surface area contributed by atoms with Crippen LogP contribution < -0.4 is 10.5 Å². The predicted molar refractivity (Wildman–Crippen MR) is 142 cm³/mol. The molecule has 3 aromatic heterocycles. The molecule has 0 atom stereocenters. The van der Waals surface area contributed by atoms with E-state index in [1.165, 1.54) is 6.07 Å². The van der Waals surface area contributed by atoms with E-state index in [2.05, 4.69) is 30.6 Å². The van der Waals surface area contributed by atoms with Crippen LogP contribution in [0.5, 0.6) is 11.8 Å². The molecule has 0 amide bonds. The number of halogens is 2. The molecule has 0 radical (unpaired) electrons. The summed E-state index contributed by atoms with van der Waals surface area (Å²) in [5.74, 6) is 0.0115. The van der Waals surface area contributed by atoms with Crippen molar-refractivity contribution in [3.63, 3.8) is 0 Å². The highest BCUT2D eigenvalue weighted by atomic mass is 35.5. The van der Waals surface area contributed by atoms with Gasteiger partial charge in [-0.3, -0.25) is 4.98 Å². The van der Waals surface area contributed by atoms with Gasteiger partial charge >= 0.3 is 6.01 Å². The highest BCUT2D eigenvalue weighted by Crippen LogP contribution is 2.40. The summed E-state index contributed by atoms with van der Waals surface area (Å²) in [6.45, 7) is 0. The molecule has 38 heavy (non-hydrogen) atoms. The minimum absolute atomic E-state index is 0.176. The number of ether oxygens (including phenoxy) is 1. The average Bonchev–Trinajstić information content (AvgIpc) is 3.34. The number of imidazole rings is 1. The van der Waals surface area contributed by atoms with Gasteiger partial charge in [0.25, 0.3) is 0 Å². The van der Waals surface area contributed by atoms with Crippen LogP contribution >= 0.6 is 11.6 Å². The van der Waals surface area contributed by atoms with E-state index in [0.29, 0.717) is 33.8 Å². The molecule has 10 heteroatoms. The number of nitrogens with two attached hydrogens (primary N) is 1. The van der Waals surface area contributed by atoms with Crippen molar-refractivity contribution in [1.82, 2.24) is 24.5 Å². The van der Waals surface area contributed by atoms with E-state index in [4.69, 9.17) is 27.3 Å². The Bertz CT molecular complexity index is 1690. The highest BCUT2D eigenvalue weighted by molar-refractivity contribution is 6.33. The van der Waals surface area contributed by atoms with Gasteiger partial charge in [0, 0.05) is 52.6 Å². The van der Waals surface area contributed by atoms with Crippen molar-refractivity contribution in [2.75, 3.05) is 0 Å². The largest absolute Gasteiger partial charge is 0.424 e. The summed E-state index contributed by atoms with van der Waals surface area (Å²) in [6, 6.07) is 12.5. The number of benzene rings is 2. The number of rotatable bonds is 5. The molecular formula is C28H23ClFN7O. The number of pyridine rings is 1. The van der Waals surface area contributed by atoms with Crippen LogP contribution in [0.25, 0.3) is 33.1 Å². The molecule has 190 valence electrons. The van der Waals surface area contributed by atoms with Crippen molar-refractivity contribution in [2.45, 2.75) is 43.7 Å².